The number of benzene rings is 1. The van der Waals surface area contributed by atoms with E-state index in [1.165, 1.54) is 12.1 Å². The Hall–Kier alpha value is -2.19. The number of nitro groups is 1. The zero-order valence-corrected chi connectivity index (χ0v) is 14.0. The first kappa shape index (κ1) is 18.2. The van der Waals surface area contributed by atoms with Crippen molar-refractivity contribution in [2.75, 3.05) is 19.7 Å². The first-order valence-corrected chi connectivity index (χ1v) is 7.70. The summed E-state index contributed by atoms with van der Waals surface area (Å²) in [7, 11) is 0. The first-order chi connectivity index (χ1) is 11.3. The van der Waals surface area contributed by atoms with Gasteiger partial charge in [-0.2, -0.15) is 0 Å². The molecule has 0 aromatic heterocycles. The van der Waals surface area contributed by atoms with Gasteiger partial charge in [-0.3, -0.25) is 14.9 Å². The zero-order chi connectivity index (χ0) is 17.9. The van der Waals surface area contributed by atoms with Crippen LogP contribution in [0.25, 0.3) is 0 Å². The van der Waals surface area contributed by atoms with E-state index in [9.17, 15) is 19.7 Å². The van der Waals surface area contributed by atoms with Crippen molar-refractivity contribution in [3.8, 4) is 0 Å². The predicted molar refractivity (Wildman–Crippen MR) is 85.0 cm³/mol. The Morgan fingerprint density at radius 3 is 2.58 bits per heavy atom. The molecule has 2 atom stereocenters. The van der Waals surface area contributed by atoms with Crippen molar-refractivity contribution < 1.29 is 24.0 Å². The molecule has 0 unspecified atom stereocenters. The molecule has 1 heterocycles. The number of hydrogen-bond donors (Lipinski definition) is 0. The summed E-state index contributed by atoms with van der Waals surface area (Å²) in [5, 5.41) is 10.8. The van der Waals surface area contributed by atoms with Gasteiger partial charge < -0.3 is 14.4 Å². The van der Waals surface area contributed by atoms with Gasteiger partial charge in [0.1, 0.15) is 0 Å². The van der Waals surface area contributed by atoms with Gasteiger partial charge in [0.25, 0.3) is 11.6 Å². The summed E-state index contributed by atoms with van der Waals surface area (Å²) in [4.78, 5) is 35.8. The molecule has 1 aliphatic rings. The molecule has 0 N–H and O–H groups in total. The molecule has 1 aromatic rings. The van der Waals surface area contributed by atoms with E-state index in [0.717, 1.165) is 6.07 Å². The second-order valence-corrected chi connectivity index (χ2v) is 5.96. The van der Waals surface area contributed by atoms with Crippen molar-refractivity contribution in [3.63, 3.8) is 0 Å². The van der Waals surface area contributed by atoms with Crippen molar-refractivity contribution in [2.24, 2.45) is 0 Å². The molecule has 1 aliphatic heterocycles. The van der Waals surface area contributed by atoms with Gasteiger partial charge in [-0.1, -0.05) is 11.6 Å². The standard InChI is InChI=1S/C15H17ClN2O6/c1-9-6-17(7-10(2)24-9)14(19)8-23-15(20)12-5-11(18(21)22)3-4-13(12)16/h3-5,9-10H,6-8H2,1-2H3/t9-,10+. The number of morpholine rings is 1. The van der Waals surface area contributed by atoms with Gasteiger partial charge in [-0.15, -0.1) is 0 Å². The molecule has 1 amide bonds. The van der Waals surface area contributed by atoms with E-state index in [2.05, 4.69) is 0 Å². The van der Waals surface area contributed by atoms with Crippen molar-refractivity contribution in [1.29, 1.82) is 0 Å². The highest BCUT2D eigenvalue weighted by Crippen LogP contribution is 2.22. The minimum Gasteiger partial charge on any atom is -0.452 e. The fraction of sp³-hybridized carbons (Fsp3) is 0.467. The molecule has 130 valence electrons. The van der Waals surface area contributed by atoms with Crippen LogP contribution in [0.3, 0.4) is 0 Å². The summed E-state index contributed by atoms with van der Waals surface area (Å²) in [6.07, 6.45) is -0.195. The Balaban J connectivity index is 1.99. The Bertz CT molecular complexity index is 655. The number of halogens is 1. The number of carbonyl (C=O) groups is 2. The number of ether oxygens (including phenoxy) is 2. The van der Waals surface area contributed by atoms with E-state index in [0.29, 0.717) is 13.1 Å². The number of amides is 1. The van der Waals surface area contributed by atoms with Crippen molar-refractivity contribution in [1.82, 2.24) is 4.90 Å². The third-order valence-corrected chi connectivity index (χ3v) is 3.81. The topological polar surface area (TPSA) is 99.0 Å². The fourth-order valence-corrected chi connectivity index (χ4v) is 2.66. The summed E-state index contributed by atoms with van der Waals surface area (Å²) in [5.74, 6) is -1.24. The molecule has 0 spiro atoms. The highest BCUT2D eigenvalue weighted by atomic mass is 35.5. The van der Waals surface area contributed by atoms with Gasteiger partial charge in [0.15, 0.2) is 6.61 Å². The number of non-ortho nitro benzene ring substituents is 1. The minimum absolute atomic E-state index is 0.0201. The lowest BCUT2D eigenvalue weighted by atomic mass is 10.2. The maximum atomic E-state index is 12.1. The van der Waals surface area contributed by atoms with Gasteiger partial charge >= 0.3 is 5.97 Å². The normalized spacial score (nSPS) is 20.5. The fourth-order valence-electron chi connectivity index (χ4n) is 2.46. The van der Waals surface area contributed by atoms with Crippen molar-refractivity contribution in [3.05, 3.63) is 38.9 Å². The van der Waals surface area contributed by atoms with Gasteiger partial charge in [0, 0.05) is 25.2 Å². The molecule has 0 saturated carbocycles. The van der Waals surface area contributed by atoms with Crippen LogP contribution >= 0.6 is 11.6 Å². The monoisotopic (exact) mass is 356 g/mol. The van der Waals surface area contributed by atoms with Gasteiger partial charge in [0.05, 0.1) is 27.7 Å². The molecule has 0 bridgehead atoms. The molecule has 1 aromatic carbocycles. The van der Waals surface area contributed by atoms with Crippen LogP contribution in [-0.2, 0) is 14.3 Å². The lowest BCUT2D eigenvalue weighted by Gasteiger charge is -2.35. The quantitative estimate of drug-likeness (QED) is 0.465. The van der Waals surface area contributed by atoms with Crippen LogP contribution in [0.2, 0.25) is 5.02 Å². The summed E-state index contributed by atoms with van der Waals surface area (Å²) in [6, 6.07) is 3.44. The molecule has 9 heteroatoms. The van der Waals surface area contributed by atoms with Gasteiger partial charge in [-0.05, 0) is 19.9 Å². The van der Waals surface area contributed by atoms with Crippen LogP contribution in [0.5, 0.6) is 0 Å². The van der Waals surface area contributed by atoms with E-state index in [4.69, 9.17) is 21.1 Å². The van der Waals surface area contributed by atoms with E-state index in [-0.39, 0.29) is 34.4 Å². The SMILES string of the molecule is C[C@@H]1CN(C(=O)COC(=O)c2cc([N+](=O)[O-])ccc2Cl)C[C@H](C)O1. The number of rotatable bonds is 4. The van der Waals surface area contributed by atoms with Crippen LogP contribution in [0.15, 0.2) is 18.2 Å². The molecule has 1 fully saturated rings. The van der Waals surface area contributed by atoms with E-state index in [1.807, 2.05) is 13.8 Å². The molecule has 8 nitrogen and oxygen atoms in total. The van der Waals surface area contributed by atoms with Crippen LogP contribution in [0.4, 0.5) is 5.69 Å². The number of esters is 1. The van der Waals surface area contributed by atoms with E-state index < -0.39 is 17.5 Å². The average Bonchev–Trinajstić information content (AvgIpc) is 2.51. The molecule has 0 radical (unpaired) electrons. The maximum Gasteiger partial charge on any atom is 0.340 e. The Morgan fingerprint density at radius 2 is 2.00 bits per heavy atom. The largest absolute Gasteiger partial charge is 0.452 e. The lowest BCUT2D eigenvalue weighted by Crippen LogP contribution is -2.49. The third kappa shape index (κ3) is 4.42. The molecule has 0 aliphatic carbocycles. The number of nitro benzene ring substituents is 1. The number of nitrogens with zero attached hydrogens (tertiary/aromatic N) is 2. The zero-order valence-electron chi connectivity index (χ0n) is 13.2. The van der Waals surface area contributed by atoms with Crippen LogP contribution in [0.1, 0.15) is 24.2 Å². The van der Waals surface area contributed by atoms with Crippen LogP contribution in [-0.4, -0.2) is 53.6 Å². The Labute approximate surface area is 143 Å². The smallest absolute Gasteiger partial charge is 0.340 e. The number of carbonyl (C=O) groups excluding carboxylic acids is 2. The molecule has 1 saturated heterocycles. The summed E-state index contributed by atoms with van der Waals surface area (Å²) in [5.41, 5.74) is -0.434. The Morgan fingerprint density at radius 1 is 1.38 bits per heavy atom. The summed E-state index contributed by atoms with van der Waals surface area (Å²) in [6.45, 7) is 4.07. The third-order valence-electron chi connectivity index (χ3n) is 3.48. The van der Waals surface area contributed by atoms with Crippen LogP contribution < -0.4 is 0 Å². The van der Waals surface area contributed by atoms with Crippen molar-refractivity contribution in [2.45, 2.75) is 26.1 Å². The Kier molecular flexibility index (Phi) is 5.74. The second kappa shape index (κ2) is 7.59. The van der Waals surface area contributed by atoms with Crippen molar-refractivity contribution >= 4 is 29.2 Å². The van der Waals surface area contributed by atoms with Crippen LogP contribution in [0, 0.1) is 10.1 Å². The van der Waals surface area contributed by atoms with Gasteiger partial charge in [0.2, 0.25) is 0 Å². The summed E-state index contributed by atoms with van der Waals surface area (Å²) < 4.78 is 10.5. The average molecular weight is 357 g/mol. The van der Waals surface area contributed by atoms with Gasteiger partial charge in [-0.25, -0.2) is 4.79 Å². The number of hydrogen-bond acceptors (Lipinski definition) is 6. The predicted octanol–water partition coefficient (Wildman–Crippen LogP) is 2.04. The molecule has 2 rings (SSSR count). The second-order valence-electron chi connectivity index (χ2n) is 5.55. The summed E-state index contributed by atoms with van der Waals surface area (Å²) >= 11 is 5.86. The van der Waals surface area contributed by atoms with E-state index in [1.54, 1.807) is 4.90 Å². The lowest BCUT2D eigenvalue weighted by molar-refractivity contribution is -0.384. The minimum atomic E-state index is -0.883. The highest BCUT2D eigenvalue weighted by molar-refractivity contribution is 6.33. The molecular weight excluding hydrogens is 340 g/mol. The molecule has 24 heavy (non-hydrogen) atoms. The maximum absolute atomic E-state index is 12.1. The highest BCUT2D eigenvalue weighted by Gasteiger charge is 2.27. The first-order valence-electron chi connectivity index (χ1n) is 7.32. The molecular formula is C15H17ClN2O6. The van der Waals surface area contributed by atoms with E-state index >= 15 is 0 Å².